The number of carbonyl (C=O) groups is 6. The minimum atomic E-state index is -1.83. The van der Waals surface area contributed by atoms with Crippen LogP contribution in [0.15, 0.2) is 41.0 Å². The van der Waals surface area contributed by atoms with Gasteiger partial charge in [-0.3, -0.25) is 0 Å². The quantitative estimate of drug-likeness (QED) is 0.250. The minimum Gasteiger partial charge on any atom is -0.464 e. The monoisotopic (exact) mass is 490 g/mol. The lowest BCUT2D eigenvalue weighted by molar-refractivity contribution is 0.135. The molecule has 0 atom stereocenters. The van der Waals surface area contributed by atoms with Crippen molar-refractivity contribution in [1.29, 1.82) is 0 Å². The van der Waals surface area contributed by atoms with Crippen molar-refractivity contribution >= 4 is 47.9 Å². The van der Waals surface area contributed by atoms with E-state index in [2.05, 4.69) is 0 Å². The van der Waals surface area contributed by atoms with E-state index in [9.17, 15) is 0 Å². The Hall–Kier alpha value is -5.62. The highest BCUT2D eigenvalue weighted by Crippen LogP contribution is 2.12. The summed E-state index contributed by atoms with van der Waals surface area (Å²) in [6.45, 7) is 0. The van der Waals surface area contributed by atoms with Gasteiger partial charge in [0, 0.05) is 5.39 Å². The molecule has 0 amide bonds. The van der Waals surface area contributed by atoms with Gasteiger partial charge in [0.05, 0.1) is 6.26 Å². The van der Waals surface area contributed by atoms with Crippen LogP contribution in [0.25, 0.3) is 11.0 Å². The summed E-state index contributed by atoms with van der Waals surface area (Å²) in [6.07, 6.45) is -9.30. The summed E-state index contributed by atoms with van der Waals surface area (Å²) in [4.78, 5) is 51.3. The molecule has 1 aromatic heterocycles. The third-order valence-electron chi connectivity index (χ3n) is 1.36. The van der Waals surface area contributed by atoms with Crippen molar-refractivity contribution in [3.8, 4) is 0 Å². The second-order valence-electron chi connectivity index (χ2n) is 3.65. The zero-order valence-electron chi connectivity index (χ0n) is 15.7. The lowest BCUT2D eigenvalue weighted by Crippen LogP contribution is -1.81. The largest absolute Gasteiger partial charge is 0.503 e. The molecular formula is C14H18O19. The molecule has 12 N–H and O–H groups in total. The zero-order valence-corrected chi connectivity index (χ0v) is 15.7. The number of carboxylic acid groups (broad SMARTS) is 12. The molecule has 0 fully saturated rings. The van der Waals surface area contributed by atoms with Crippen LogP contribution < -0.4 is 0 Å². The summed E-state index contributed by atoms with van der Waals surface area (Å²) in [6, 6.07) is 9.90. The number of hydrogen-bond acceptors (Lipinski definition) is 7. The summed E-state index contributed by atoms with van der Waals surface area (Å²) in [5.74, 6) is 0. The van der Waals surface area contributed by atoms with Crippen LogP contribution in [-0.2, 0) is 0 Å². The van der Waals surface area contributed by atoms with Gasteiger partial charge in [0.1, 0.15) is 5.58 Å². The van der Waals surface area contributed by atoms with E-state index in [-0.39, 0.29) is 0 Å². The molecule has 0 aliphatic carbocycles. The highest BCUT2D eigenvalue weighted by molar-refractivity contribution is 5.76. The van der Waals surface area contributed by atoms with E-state index in [0.717, 1.165) is 11.0 Å². The van der Waals surface area contributed by atoms with Gasteiger partial charge in [-0.15, -0.1) is 0 Å². The lowest BCUT2D eigenvalue weighted by atomic mass is 10.3. The van der Waals surface area contributed by atoms with Crippen LogP contribution in [0.5, 0.6) is 0 Å². The van der Waals surface area contributed by atoms with Crippen LogP contribution in [0.1, 0.15) is 0 Å². The predicted molar refractivity (Wildman–Crippen MR) is 100 cm³/mol. The molecule has 1 heterocycles. The molecule has 0 saturated carbocycles. The van der Waals surface area contributed by atoms with Crippen LogP contribution in [0.3, 0.4) is 0 Å². The molecule has 2 rings (SSSR count). The molecule has 1 aromatic carbocycles. The molecule has 33 heavy (non-hydrogen) atoms. The fraction of sp³-hybridized carbons (Fsp3) is 0. The number of para-hydroxylation sites is 1. The van der Waals surface area contributed by atoms with Gasteiger partial charge in [-0.1, -0.05) is 18.2 Å². The van der Waals surface area contributed by atoms with E-state index in [4.69, 9.17) is 94.5 Å². The summed E-state index contributed by atoms with van der Waals surface area (Å²) < 4.78 is 5.12. The van der Waals surface area contributed by atoms with Crippen LogP contribution in [0.2, 0.25) is 0 Å². The fourth-order valence-corrected chi connectivity index (χ4v) is 0.906. The molecule has 0 aliphatic heterocycles. The van der Waals surface area contributed by atoms with Gasteiger partial charge in [0.2, 0.25) is 0 Å². The van der Waals surface area contributed by atoms with Crippen molar-refractivity contribution in [3.63, 3.8) is 0 Å². The topological polar surface area (TPSA) is 358 Å². The first-order valence-corrected chi connectivity index (χ1v) is 6.80. The number of rotatable bonds is 0. The molecule has 0 radical (unpaired) electrons. The molecule has 0 unspecified atom stereocenters. The molecule has 0 bridgehead atoms. The Morgan fingerprint density at radius 3 is 0.939 bits per heavy atom. The average molecular weight is 490 g/mol. The Kier molecular flexibility index (Phi) is 30.4. The van der Waals surface area contributed by atoms with Gasteiger partial charge in [-0.25, -0.2) is 28.8 Å². The Balaban J connectivity index is -0.0000000968. The first kappa shape index (κ1) is 38.0. The molecule has 188 valence electrons. The van der Waals surface area contributed by atoms with E-state index in [1.54, 1.807) is 6.26 Å². The molecule has 0 spiro atoms. The Bertz CT molecular complexity index is 675. The number of benzene rings is 1. The predicted octanol–water partition coefficient (Wildman–Crippen LogP) is 3.77. The Labute approximate surface area is 180 Å². The van der Waals surface area contributed by atoms with Gasteiger partial charge in [0.25, 0.3) is 0 Å². The van der Waals surface area contributed by atoms with Crippen molar-refractivity contribution in [2.24, 2.45) is 0 Å². The normalized spacial score (nSPS) is 7.15. The van der Waals surface area contributed by atoms with Crippen molar-refractivity contribution in [3.05, 3.63) is 36.6 Å². The number of fused-ring (bicyclic) bond motifs is 1. The highest BCUT2D eigenvalue weighted by Gasteiger charge is 1.89. The second-order valence-corrected chi connectivity index (χ2v) is 3.65. The number of furan rings is 1. The van der Waals surface area contributed by atoms with Gasteiger partial charge < -0.3 is 65.7 Å². The first-order valence-electron chi connectivity index (χ1n) is 6.80. The van der Waals surface area contributed by atoms with Crippen molar-refractivity contribution in [2.75, 3.05) is 0 Å². The maximum atomic E-state index is 8.56. The SMILES string of the molecule is O=C(O)O.O=C(O)O.O=C(O)O.O=C(O)O.O=C(O)O.O=C(O)O.c1ccc2occc2c1. The first-order chi connectivity index (χ1) is 14.9. The summed E-state index contributed by atoms with van der Waals surface area (Å²) in [7, 11) is 0. The molecule has 19 heteroatoms. The Morgan fingerprint density at radius 2 is 0.697 bits per heavy atom. The molecule has 0 saturated heterocycles. The maximum Gasteiger partial charge on any atom is 0.503 e. The van der Waals surface area contributed by atoms with Gasteiger partial charge >= 0.3 is 36.9 Å². The van der Waals surface area contributed by atoms with Crippen molar-refractivity contribution < 1.29 is 94.5 Å². The third-order valence-corrected chi connectivity index (χ3v) is 1.36. The summed E-state index contributed by atoms with van der Waals surface area (Å²) in [5.41, 5.74) is 0.956. The van der Waals surface area contributed by atoms with Gasteiger partial charge in [-0.2, -0.15) is 0 Å². The zero-order chi connectivity index (χ0) is 27.6. The van der Waals surface area contributed by atoms with Gasteiger partial charge in [0.15, 0.2) is 0 Å². The van der Waals surface area contributed by atoms with Crippen LogP contribution in [0.4, 0.5) is 28.8 Å². The maximum absolute atomic E-state index is 8.56. The third kappa shape index (κ3) is 121. The van der Waals surface area contributed by atoms with Gasteiger partial charge in [-0.05, 0) is 12.1 Å². The molecular weight excluding hydrogens is 472 g/mol. The second kappa shape index (κ2) is 26.4. The van der Waals surface area contributed by atoms with E-state index >= 15 is 0 Å². The molecule has 2 aromatic rings. The van der Waals surface area contributed by atoms with E-state index in [0.29, 0.717) is 0 Å². The van der Waals surface area contributed by atoms with Crippen LogP contribution >= 0.6 is 0 Å². The van der Waals surface area contributed by atoms with Crippen LogP contribution in [-0.4, -0.2) is 98.2 Å². The van der Waals surface area contributed by atoms with Crippen molar-refractivity contribution in [1.82, 2.24) is 0 Å². The Morgan fingerprint density at radius 1 is 0.455 bits per heavy atom. The molecule has 0 aliphatic rings. The standard InChI is InChI=1S/C8H6O.6CH2O3/c1-2-4-8-7(3-1)5-6-9-8;6*2-1(3)4/h1-6H;6*(H2,2,3,4). The molecule has 19 nitrogen and oxygen atoms in total. The lowest BCUT2D eigenvalue weighted by Gasteiger charge is -1.81. The summed E-state index contributed by atoms with van der Waals surface area (Å²) >= 11 is 0. The summed E-state index contributed by atoms with van der Waals surface area (Å²) in [5, 5.41) is 84.8. The number of hydrogen-bond donors (Lipinski definition) is 12. The average Bonchev–Trinajstić information content (AvgIpc) is 3.00. The highest BCUT2D eigenvalue weighted by atomic mass is 16.6. The smallest absolute Gasteiger partial charge is 0.464 e. The fourth-order valence-electron chi connectivity index (χ4n) is 0.906. The van der Waals surface area contributed by atoms with E-state index in [1.807, 2.05) is 30.3 Å². The minimum absolute atomic E-state index is 0.956. The van der Waals surface area contributed by atoms with E-state index < -0.39 is 36.9 Å². The van der Waals surface area contributed by atoms with Crippen molar-refractivity contribution in [2.45, 2.75) is 0 Å². The van der Waals surface area contributed by atoms with E-state index in [1.165, 1.54) is 0 Å². The van der Waals surface area contributed by atoms with Crippen LogP contribution in [0, 0.1) is 0 Å².